The van der Waals surface area contributed by atoms with E-state index in [-0.39, 0.29) is 12.4 Å². The molecule has 1 aromatic carbocycles. The molecule has 0 aliphatic rings. The van der Waals surface area contributed by atoms with Gasteiger partial charge in [0.25, 0.3) is 0 Å². The highest BCUT2D eigenvalue weighted by atomic mass is 19.1. The molecule has 3 heteroatoms. The summed E-state index contributed by atoms with van der Waals surface area (Å²) >= 11 is 0. The smallest absolute Gasteiger partial charge is 0.162 e. The normalized spacial score (nSPS) is 9.86. The summed E-state index contributed by atoms with van der Waals surface area (Å²) in [4.78, 5) is 11.2. The molecule has 1 rings (SSSR count). The molecule has 0 atom stereocenters. The largest absolute Gasteiger partial charge is 0.491 e. The average Bonchev–Trinajstić information content (AvgIpc) is 2.26. The van der Waals surface area contributed by atoms with Gasteiger partial charge in [0.05, 0.1) is 0 Å². The van der Waals surface area contributed by atoms with Crippen LogP contribution in [0.5, 0.6) is 5.75 Å². The first-order valence-corrected chi connectivity index (χ1v) is 4.60. The van der Waals surface area contributed by atoms with E-state index in [1.807, 2.05) is 6.92 Å². The topological polar surface area (TPSA) is 26.3 Å². The van der Waals surface area contributed by atoms with Gasteiger partial charge in [-0.1, -0.05) is 6.92 Å². The summed E-state index contributed by atoms with van der Waals surface area (Å²) in [6.07, 6.45) is 0.491. The molecule has 0 amide bonds. The minimum atomic E-state index is -0.504. The van der Waals surface area contributed by atoms with Crippen LogP contribution in [0.3, 0.4) is 0 Å². The standard InChI is InChI=1S/C11H13FO2/c1-2-11(13)9-3-5-10(6-4-9)14-8-7-12/h3-6H,2,7-8H2,1H3. The first-order valence-electron chi connectivity index (χ1n) is 4.60. The minimum absolute atomic E-state index is 0.0566. The Morgan fingerprint density at radius 2 is 2.00 bits per heavy atom. The van der Waals surface area contributed by atoms with Crippen LogP contribution in [0.4, 0.5) is 4.39 Å². The molecule has 0 aliphatic heterocycles. The number of benzene rings is 1. The van der Waals surface area contributed by atoms with Gasteiger partial charge in [-0.2, -0.15) is 0 Å². The van der Waals surface area contributed by atoms with E-state index in [4.69, 9.17) is 4.74 Å². The third-order valence-corrected chi connectivity index (χ3v) is 1.84. The molecule has 0 fully saturated rings. The summed E-state index contributed by atoms with van der Waals surface area (Å²) in [7, 11) is 0. The Balaban J connectivity index is 2.63. The fraction of sp³-hybridized carbons (Fsp3) is 0.364. The van der Waals surface area contributed by atoms with Crippen molar-refractivity contribution in [3.63, 3.8) is 0 Å². The van der Waals surface area contributed by atoms with Crippen LogP contribution in [0.1, 0.15) is 23.7 Å². The second-order valence-corrected chi connectivity index (χ2v) is 2.84. The number of Topliss-reactive ketones (excluding diaryl/α,β-unsaturated/α-hetero) is 1. The molecule has 0 aliphatic carbocycles. The van der Waals surface area contributed by atoms with Crippen LogP contribution in [0, 0.1) is 0 Å². The molecule has 1 aromatic rings. The van der Waals surface area contributed by atoms with Crippen molar-refractivity contribution in [2.24, 2.45) is 0 Å². The lowest BCUT2D eigenvalue weighted by Gasteiger charge is -2.03. The van der Waals surface area contributed by atoms with Crippen molar-refractivity contribution in [2.45, 2.75) is 13.3 Å². The molecule has 0 N–H and O–H groups in total. The Kier molecular flexibility index (Phi) is 4.11. The Bertz CT molecular complexity index is 293. The number of halogens is 1. The zero-order valence-electron chi connectivity index (χ0n) is 8.13. The van der Waals surface area contributed by atoms with E-state index in [9.17, 15) is 9.18 Å². The van der Waals surface area contributed by atoms with Crippen LogP contribution < -0.4 is 4.74 Å². The molecule has 0 spiro atoms. The van der Waals surface area contributed by atoms with Crippen LogP contribution in [0.2, 0.25) is 0 Å². The van der Waals surface area contributed by atoms with Crippen molar-refractivity contribution in [1.29, 1.82) is 0 Å². The zero-order valence-corrected chi connectivity index (χ0v) is 8.13. The predicted molar refractivity (Wildman–Crippen MR) is 52.5 cm³/mol. The summed E-state index contributed by atoms with van der Waals surface area (Å²) in [5.41, 5.74) is 0.667. The van der Waals surface area contributed by atoms with E-state index in [1.165, 1.54) is 0 Å². The number of carbonyl (C=O) groups excluding carboxylic acids is 1. The number of ketones is 1. The van der Waals surface area contributed by atoms with Crippen molar-refractivity contribution >= 4 is 5.78 Å². The van der Waals surface area contributed by atoms with Crippen molar-refractivity contribution in [3.8, 4) is 5.75 Å². The van der Waals surface area contributed by atoms with Crippen LogP contribution in [0.25, 0.3) is 0 Å². The van der Waals surface area contributed by atoms with E-state index in [2.05, 4.69) is 0 Å². The summed E-state index contributed by atoms with van der Waals surface area (Å²) < 4.78 is 16.8. The van der Waals surface area contributed by atoms with E-state index >= 15 is 0 Å². The lowest BCUT2D eigenvalue weighted by molar-refractivity contribution is 0.0988. The molecule has 0 unspecified atom stereocenters. The van der Waals surface area contributed by atoms with Crippen LogP contribution in [-0.2, 0) is 0 Å². The minimum Gasteiger partial charge on any atom is -0.491 e. The lowest BCUT2D eigenvalue weighted by Crippen LogP contribution is -2.00. The van der Waals surface area contributed by atoms with Crippen molar-refractivity contribution in [2.75, 3.05) is 13.3 Å². The fourth-order valence-electron chi connectivity index (χ4n) is 1.10. The molecule has 0 aromatic heterocycles. The average molecular weight is 196 g/mol. The van der Waals surface area contributed by atoms with E-state index in [0.717, 1.165) is 0 Å². The Morgan fingerprint density at radius 1 is 1.36 bits per heavy atom. The number of ether oxygens (including phenoxy) is 1. The molecule has 0 saturated carbocycles. The lowest BCUT2D eigenvalue weighted by atomic mass is 10.1. The van der Waals surface area contributed by atoms with Gasteiger partial charge < -0.3 is 4.74 Å². The van der Waals surface area contributed by atoms with E-state index in [0.29, 0.717) is 17.7 Å². The number of hydrogen-bond donors (Lipinski definition) is 0. The second-order valence-electron chi connectivity index (χ2n) is 2.84. The molecule has 76 valence electrons. The van der Waals surface area contributed by atoms with Gasteiger partial charge >= 0.3 is 0 Å². The van der Waals surface area contributed by atoms with Crippen molar-refractivity contribution in [1.82, 2.24) is 0 Å². The number of alkyl halides is 1. The first-order chi connectivity index (χ1) is 6.77. The Labute approximate surface area is 82.7 Å². The zero-order chi connectivity index (χ0) is 10.4. The quantitative estimate of drug-likeness (QED) is 0.677. The predicted octanol–water partition coefficient (Wildman–Crippen LogP) is 2.63. The highest BCUT2D eigenvalue weighted by Gasteiger charge is 2.02. The highest BCUT2D eigenvalue weighted by molar-refractivity contribution is 5.95. The van der Waals surface area contributed by atoms with Gasteiger partial charge in [-0.3, -0.25) is 4.79 Å². The SMILES string of the molecule is CCC(=O)c1ccc(OCCF)cc1. The van der Waals surface area contributed by atoms with Gasteiger partial charge in [0, 0.05) is 12.0 Å². The molecular formula is C11H13FO2. The van der Waals surface area contributed by atoms with E-state index < -0.39 is 6.67 Å². The molecule has 0 heterocycles. The summed E-state index contributed by atoms with van der Waals surface area (Å²) in [5.74, 6) is 0.692. The molecule has 0 saturated heterocycles. The maximum absolute atomic E-state index is 11.8. The fourth-order valence-corrected chi connectivity index (χ4v) is 1.10. The maximum atomic E-state index is 11.8. The van der Waals surface area contributed by atoms with Gasteiger partial charge in [-0.05, 0) is 24.3 Å². The summed E-state index contributed by atoms with van der Waals surface area (Å²) in [6, 6.07) is 6.75. The van der Waals surface area contributed by atoms with Crippen LogP contribution in [-0.4, -0.2) is 19.1 Å². The van der Waals surface area contributed by atoms with E-state index in [1.54, 1.807) is 24.3 Å². The number of rotatable bonds is 5. The molecule has 0 bridgehead atoms. The second kappa shape index (κ2) is 5.37. The Morgan fingerprint density at radius 3 is 2.50 bits per heavy atom. The molecule has 0 radical (unpaired) electrons. The summed E-state index contributed by atoms with van der Waals surface area (Å²) in [5, 5.41) is 0. The number of hydrogen-bond acceptors (Lipinski definition) is 2. The molecule has 2 nitrogen and oxygen atoms in total. The van der Waals surface area contributed by atoms with Gasteiger partial charge in [0.2, 0.25) is 0 Å². The third-order valence-electron chi connectivity index (χ3n) is 1.84. The molecular weight excluding hydrogens is 183 g/mol. The van der Waals surface area contributed by atoms with Crippen molar-refractivity contribution in [3.05, 3.63) is 29.8 Å². The molecule has 14 heavy (non-hydrogen) atoms. The monoisotopic (exact) mass is 196 g/mol. The highest BCUT2D eigenvalue weighted by Crippen LogP contribution is 2.13. The maximum Gasteiger partial charge on any atom is 0.162 e. The number of carbonyl (C=O) groups is 1. The van der Waals surface area contributed by atoms with Gasteiger partial charge in [0.1, 0.15) is 19.0 Å². The van der Waals surface area contributed by atoms with Crippen LogP contribution in [0.15, 0.2) is 24.3 Å². The van der Waals surface area contributed by atoms with Crippen molar-refractivity contribution < 1.29 is 13.9 Å². The van der Waals surface area contributed by atoms with Crippen LogP contribution >= 0.6 is 0 Å². The summed E-state index contributed by atoms with van der Waals surface area (Å²) in [6.45, 7) is 1.37. The Hall–Kier alpha value is -1.38. The first kappa shape index (κ1) is 10.7. The van der Waals surface area contributed by atoms with Gasteiger partial charge in [-0.15, -0.1) is 0 Å². The third kappa shape index (κ3) is 2.83. The van der Waals surface area contributed by atoms with Gasteiger partial charge in [-0.25, -0.2) is 4.39 Å². The van der Waals surface area contributed by atoms with Gasteiger partial charge in [0.15, 0.2) is 5.78 Å².